The molecule has 1 amide bonds. The lowest BCUT2D eigenvalue weighted by Gasteiger charge is -2.37. The fraction of sp³-hybridized carbons (Fsp3) is 0.250. The van der Waals surface area contributed by atoms with Crippen LogP contribution in [0.4, 0.5) is 31.8 Å². The third-order valence-corrected chi connectivity index (χ3v) is 8.34. The van der Waals surface area contributed by atoms with E-state index in [1.165, 1.54) is 25.3 Å². The number of methoxy groups -OCH3 is 1. The second-order valence-corrected chi connectivity index (χ2v) is 11.3. The molecule has 0 unspecified atom stereocenters. The van der Waals surface area contributed by atoms with Crippen molar-refractivity contribution in [1.29, 1.82) is 0 Å². The van der Waals surface area contributed by atoms with Gasteiger partial charge in [-0.15, -0.1) is 0 Å². The lowest BCUT2D eigenvalue weighted by Crippen LogP contribution is -2.57. The van der Waals surface area contributed by atoms with Crippen molar-refractivity contribution in [2.24, 2.45) is 5.73 Å². The summed E-state index contributed by atoms with van der Waals surface area (Å²) >= 11 is 6.33. The van der Waals surface area contributed by atoms with Gasteiger partial charge in [0, 0.05) is 47.7 Å². The molecule has 0 aliphatic carbocycles. The van der Waals surface area contributed by atoms with E-state index in [4.69, 9.17) is 27.1 Å². The number of nitrogens with one attached hydrogen (secondary N) is 1. The van der Waals surface area contributed by atoms with Crippen molar-refractivity contribution in [2.45, 2.75) is 24.8 Å². The van der Waals surface area contributed by atoms with Gasteiger partial charge in [-0.05, 0) is 79.4 Å². The van der Waals surface area contributed by atoms with Crippen molar-refractivity contribution >= 4 is 46.5 Å². The van der Waals surface area contributed by atoms with Crippen LogP contribution < -0.4 is 16.0 Å². The number of nitrogens with zero attached hydrogens (tertiary/aromatic N) is 4. The zero-order chi connectivity index (χ0) is 31.0. The Labute approximate surface area is 257 Å². The van der Waals surface area contributed by atoms with Gasteiger partial charge in [-0.1, -0.05) is 17.7 Å². The first-order valence-electron chi connectivity index (χ1n) is 14.1. The van der Waals surface area contributed by atoms with Crippen molar-refractivity contribution in [2.75, 3.05) is 37.0 Å². The molecule has 1 saturated heterocycles. The Hall–Kier alpha value is -4.61. The molecule has 0 radical (unpaired) electrons. The zero-order valence-electron chi connectivity index (χ0n) is 23.8. The number of anilines is 4. The highest BCUT2D eigenvalue weighted by molar-refractivity contribution is 6.31. The maximum atomic E-state index is 14.9. The normalized spacial score (nSPS) is 15.6. The van der Waals surface area contributed by atoms with E-state index in [0.29, 0.717) is 71.5 Å². The van der Waals surface area contributed by atoms with E-state index in [2.05, 4.69) is 10.3 Å². The first-order valence-corrected chi connectivity index (χ1v) is 14.5. The van der Waals surface area contributed by atoms with Crippen LogP contribution in [0.1, 0.15) is 28.8 Å². The van der Waals surface area contributed by atoms with Crippen LogP contribution in [0.5, 0.6) is 0 Å². The van der Waals surface area contributed by atoms with E-state index in [1.54, 1.807) is 58.5 Å². The number of benzene rings is 3. The van der Waals surface area contributed by atoms with Gasteiger partial charge in [-0.25, -0.2) is 18.7 Å². The maximum absolute atomic E-state index is 14.9. The van der Waals surface area contributed by atoms with E-state index >= 15 is 0 Å². The Kier molecular flexibility index (Phi) is 7.91. The molecule has 12 heteroatoms. The van der Waals surface area contributed by atoms with Crippen LogP contribution in [0.2, 0.25) is 5.02 Å². The number of fused-ring (bicyclic) bond motifs is 3. The minimum absolute atomic E-state index is 0.153. The van der Waals surface area contributed by atoms with Crippen LogP contribution in [0.25, 0.3) is 11.3 Å². The quantitative estimate of drug-likeness (QED) is 0.277. The van der Waals surface area contributed by atoms with Crippen molar-refractivity contribution < 1.29 is 23.1 Å². The van der Waals surface area contributed by atoms with Crippen molar-refractivity contribution in [3.05, 3.63) is 94.6 Å². The molecule has 1 fully saturated rings. The fourth-order valence-electron chi connectivity index (χ4n) is 5.67. The van der Waals surface area contributed by atoms with E-state index in [0.717, 1.165) is 5.56 Å². The molecule has 0 atom stereocenters. The molecule has 0 spiro atoms. The van der Waals surface area contributed by atoms with Gasteiger partial charge in [0.15, 0.2) is 0 Å². The lowest BCUT2D eigenvalue weighted by molar-refractivity contribution is -0.148. The molecular weight excluding hydrogens is 590 g/mol. The minimum atomic E-state index is -1.08. The number of esters is 1. The van der Waals surface area contributed by atoms with Gasteiger partial charge in [-0.3, -0.25) is 9.59 Å². The van der Waals surface area contributed by atoms with Crippen molar-refractivity contribution in [3.8, 4) is 11.3 Å². The number of likely N-dealkylation sites (tertiary alicyclic amines) is 1. The summed E-state index contributed by atoms with van der Waals surface area (Å²) < 4.78 is 34.5. The van der Waals surface area contributed by atoms with E-state index in [9.17, 15) is 18.4 Å². The highest BCUT2D eigenvalue weighted by atomic mass is 35.5. The van der Waals surface area contributed by atoms with Crippen LogP contribution >= 0.6 is 11.6 Å². The summed E-state index contributed by atoms with van der Waals surface area (Å²) in [7, 11) is 1.31. The smallest absolute Gasteiger partial charge is 0.325 e. The molecule has 0 bridgehead atoms. The third kappa shape index (κ3) is 5.56. The number of amides is 1. The van der Waals surface area contributed by atoms with Gasteiger partial charge in [0.05, 0.1) is 18.5 Å². The van der Waals surface area contributed by atoms with Crippen LogP contribution in [0.3, 0.4) is 0 Å². The van der Waals surface area contributed by atoms with Crippen LogP contribution in [0, 0.1) is 11.6 Å². The highest BCUT2D eigenvalue weighted by Gasteiger charge is 2.40. The standard InChI is InChI=1S/C32H29ClF2N6O3/c1-44-30(43)32(36)12-15-40(16-13-32)29(42)19-5-8-22(9-6-19)38-31-37-18-20-11-14-41(28-24(34)3-2-4-25(28)35)26-17-21(33)7-10-23(26)27(20)39-31/h2-10,17-18H,11-16,36H2,1H3,(H,37,38,39). The molecule has 3 aromatic carbocycles. The predicted octanol–water partition coefficient (Wildman–Crippen LogP) is 5.62. The fourth-order valence-corrected chi connectivity index (χ4v) is 5.83. The molecule has 1 aromatic heterocycles. The Balaban J connectivity index is 1.22. The first kappa shape index (κ1) is 29.5. The minimum Gasteiger partial charge on any atom is -0.468 e. The van der Waals surface area contributed by atoms with Crippen LogP contribution in [-0.2, 0) is 16.0 Å². The number of nitrogens with two attached hydrogens (primary N) is 1. The number of hydrogen-bond acceptors (Lipinski definition) is 8. The lowest BCUT2D eigenvalue weighted by atomic mass is 9.88. The van der Waals surface area contributed by atoms with Gasteiger partial charge in [-0.2, -0.15) is 0 Å². The molecule has 44 heavy (non-hydrogen) atoms. The third-order valence-electron chi connectivity index (χ3n) is 8.11. The van der Waals surface area contributed by atoms with Gasteiger partial charge in [0.1, 0.15) is 22.9 Å². The number of hydrogen-bond donors (Lipinski definition) is 2. The summed E-state index contributed by atoms with van der Waals surface area (Å²) in [5.41, 5.74) is 8.71. The molecule has 226 valence electrons. The van der Waals surface area contributed by atoms with E-state index < -0.39 is 23.1 Å². The van der Waals surface area contributed by atoms with Crippen LogP contribution in [0.15, 0.2) is 66.9 Å². The second-order valence-electron chi connectivity index (χ2n) is 10.8. The van der Waals surface area contributed by atoms with Gasteiger partial charge in [0.2, 0.25) is 5.95 Å². The number of rotatable bonds is 5. The number of carbonyl (C=O) groups is 2. The molecule has 3 N–H and O–H groups in total. The largest absolute Gasteiger partial charge is 0.468 e. The predicted molar refractivity (Wildman–Crippen MR) is 163 cm³/mol. The SMILES string of the molecule is COC(=O)C1(N)CCN(C(=O)c2ccc(Nc3ncc4c(n3)-c3ccc(Cl)cc3N(c3c(F)cccc3F)CC4)cc2)CC1. The monoisotopic (exact) mass is 618 g/mol. The molecule has 6 rings (SSSR count). The van der Waals surface area contributed by atoms with E-state index in [-0.39, 0.29) is 18.1 Å². The van der Waals surface area contributed by atoms with Crippen molar-refractivity contribution in [3.63, 3.8) is 0 Å². The number of piperidine rings is 1. The molecule has 4 aromatic rings. The Morgan fingerprint density at radius 2 is 1.73 bits per heavy atom. The Morgan fingerprint density at radius 1 is 1.02 bits per heavy atom. The first-order chi connectivity index (χ1) is 21.2. The second kappa shape index (κ2) is 11.8. The van der Waals surface area contributed by atoms with Gasteiger partial charge >= 0.3 is 5.97 Å². The number of carbonyl (C=O) groups excluding carboxylic acids is 2. The summed E-state index contributed by atoms with van der Waals surface area (Å²) in [4.78, 5) is 37.6. The average molecular weight is 619 g/mol. The number of ether oxygens (including phenoxy) is 1. The molecule has 2 aliphatic heterocycles. The molecule has 9 nitrogen and oxygen atoms in total. The molecule has 0 saturated carbocycles. The number of aromatic nitrogens is 2. The Bertz CT molecular complexity index is 1720. The topological polar surface area (TPSA) is 114 Å². The number of para-hydroxylation sites is 1. The summed E-state index contributed by atoms with van der Waals surface area (Å²) in [6.07, 6.45) is 2.78. The molecule has 3 heterocycles. The average Bonchev–Trinajstić information content (AvgIpc) is 3.17. The number of halogens is 3. The molecule has 2 aliphatic rings. The van der Waals surface area contributed by atoms with Crippen LogP contribution in [-0.4, -0.2) is 59.0 Å². The van der Waals surface area contributed by atoms with E-state index in [1.807, 2.05) is 0 Å². The maximum Gasteiger partial charge on any atom is 0.325 e. The summed E-state index contributed by atoms with van der Waals surface area (Å²) in [5.74, 6) is -1.66. The molecular formula is C32H29ClF2N6O3. The summed E-state index contributed by atoms with van der Waals surface area (Å²) in [5, 5.41) is 3.60. The zero-order valence-corrected chi connectivity index (χ0v) is 24.6. The van der Waals surface area contributed by atoms with Gasteiger partial charge < -0.3 is 25.6 Å². The van der Waals surface area contributed by atoms with Gasteiger partial charge in [0.25, 0.3) is 5.91 Å². The summed E-state index contributed by atoms with van der Waals surface area (Å²) in [6, 6.07) is 15.9. The van der Waals surface area contributed by atoms with Crippen molar-refractivity contribution in [1.82, 2.24) is 14.9 Å². The Morgan fingerprint density at radius 3 is 2.41 bits per heavy atom. The highest BCUT2D eigenvalue weighted by Crippen LogP contribution is 2.42. The summed E-state index contributed by atoms with van der Waals surface area (Å²) in [6.45, 7) is 0.984.